The van der Waals surface area contributed by atoms with E-state index in [0.717, 1.165) is 11.2 Å². The van der Waals surface area contributed by atoms with Gasteiger partial charge in [-0.2, -0.15) is 0 Å². The second-order valence-corrected chi connectivity index (χ2v) is 4.65. The molecule has 1 aromatic heterocycles. The topological polar surface area (TPSA) is 70.9 Å². The number of carbonyl (C=O) groups is 1. The zero-order valence-electron chi connectivity index (χ0n) is 10.9. The van der Waals surface area contributed by atoms with Gasteiger partial charge < -0.3 is 16.0 Å². The highest BCUT2D eigenvalue weighted by Crippen LogP contribution is 2.19. The lowest BCUT2D eigenvalue weighted by Crippen LogP contribution is -2.11. The molecule has 0 saturated carbocycles. The van der Waals surface area contributed by atoms with Crippen LogP contribution in [0.3, 0.4) is 0 Å². The zero-order valence-corrected chi connectivity index (χ0v) is 10.9. The lowest BCUT2D eigenvalue weighted by atomic mass is 10.1. The Bertz CT molecular complexity index is 761. The van der Waals surface area contributed by atoms with Crippen molar-refractivity contribution >= 4 is 22.5 Å². The Morgan fingerprint density at radius 3 is 2.85 bits per heavy atom. The molecule has 1 amide bonds. The first-order chi connectivity index (χ1) is 9.74. The summed E-state index contributed by atoms with van der Waals surface area (Å²) >= 11 is 0. The maximum atomic E-state index is 11.2. The van der Waals surface area contributed by atoms with Crippen LogP contribution in [-0.2, 0) is 6.54 Å². The predicted molar refractivity (Wildman–Crippen MR) is 80.6 cm³/mol. The van der Waals surface area contributed by atoms with Gasteiger partial charge in [0.25, 0.3) is 0 Å². The van der Waals surface area contributed by atoms with E-state index in [9.17, 15) is 4.79 Å². The molecule has 0 bridgehead atoms. The highest BCUT2D eigenvalue weighted by molar-refractivity contribution is 5.93. The maximum absolute atomic E-state index is 11.2. The van der Waals surface area contributed by atoms with Crippen LogP contribution in [0.15, 0.2) is 54.7 Å². The number of fused-ring (bicyclic) bond motifs is 1. The van der Waals surface area contributed by atoms with Crippen LogP contribution in [0.2, 0.25) is 0 Å². The minimum absolute atomic E-state index is 0.415. The Balaban J connectivity index is 1.81. The van der Waals surface area contributed by atoms with Gasteiger partial charge in [0, 0.05) is 34.9 Å². The van der Waals surface area contributed by atoms with Gasteiger partial charge in [0.2, 0.25) is 5.91 Å². The molecule has 0 aliphatic heterocycles. The molecule has 4 nitrogen and oxygen atoms in total. The molecule has 1 heterocycles. The van der Waals surface area contributed by atoms with Gasteiger partial charge in [0.15, 0.2) is 0 Å². The van der Waals surface area contributed by atoms with Gasteiger partial charge in [0.1, 0.15) is 0 Å². The number of hydrogen-bond acceptors (Lipinski definition) is 2. The number of benzene rings is 2. The zero-order chi connectivity index (χ0) is 13.9. The number of primary amides is 1. The molecule has 2 aromatic carbocycles. The largest absolute Gasteiger partial charge is 0.381 e. The minimum atomic E-state index is -0.415. The lowest BCUT2D eigenvalue weighted by Gasteiger charge is -2.08. The summed E-state index contributed by atoms with van der Waals surface area (Å²) in [4.78, 5) is 14.4. The van der Waals surface area contributed by atoms with Crippen LogP contribution in [0.4, 0.5) is 5.69 Å². The highest BCUT2D eigenvalue weighted by atomic mass is 16.1. The van der Waals surface area contributed by atoms with Crippen LogP contribution in [0.5, 0.6) is 0 Å². The maximum Gasteiger partial charge on any atom is 0.248 e. The Hall–Kier alpha value is -2.75. The first kappa shape index (κ1) is 12.3. The highest BCUT2D eigenvalue weighted by Gasteiger charge is 2.03. The molecule has 0 spiro atoms. The Morgan fingerprint density at radius 1 is 1.15 bits per heavy atom. The third-order valence-corrected chi connectivity index (χ3v) is 3.32. The van der Waals surface area contributed by atoms with Gasteiger partial charge in [-0.05, 0) is 35.9 Å². The van der Waals surface area contributed by atoms with E-state index in [1.54, 1.807) is 12.1 Å². The number of H-pyrrole nitrogens is 1. The first-order valence-electron chi connectivity index (χ1n) is 6.43. The van der Waals surface area contributed by atoms with Crippen LogP contribution in [0.1, 0.15) is 15.9 Å². The number of anilines is 1. The van der Waals surface area contributed by atoms with Crippen molar-refractivity contribution in [3.05, 3.63) is 65.9 Å². The van der Waals surface area contributed by atoms with Gasteiger partial charge in [-0.1, -0.05) is 18.2 Å². The number of aromatic amines is 1. The summed E-state index contributed by atoms with van der Waals surface area (Å²) in [7, 11) is 0. The van der Waals surface area contributed by atoms with E-state index in [2.05, 4.69) is 22.4 Å². The van der Waals surface area contributed by atoms with Crippen molar-refractivity contribution in [1.82, 2.24) is 4.98 Å². The van der Waals surface area contributed by atoms with Crippen LogP contribution in [0, 0.1) is 0 Å². The van der Waals surface area contributed by atoms with E-state index in [1.165, 1.54) is 10.9 Å². The Kier molecular flexibility index (Phi) is 3.13. The van der Waals surface area contributed by atoms with Crippen LogP contribution in [-0.4, -0.2) is 10.9 Å². The van der Waals surface area contributed by atoms with E-state index in [1.807, 2.05) is 30.5 Å². The summed E-state index contributed by atoms with van der Waals surface area (Å²) in [6, 6.07) is 15.4. The summed E-state index contributed by atoms with van der Waals surface area (Å²) in [5, 5.41) is 4.52. The van der Waals surface area contributed by atoms with E-state index in [-0.39, 0.29) is 0 Å². The van der Waals surface area contributed by atoms with Gasteiger partial charge in [-0.15, -0.1) is 0 Å². The second kappa shape index (κ2) is 5.09. The van der Waals surface area contributed by atoms with Crippen LogP contribution in [0.25, 0.3) is 10.9 Å². The number of rotatable bonds is 4. The number of aromatic nitrogens is 1. The van der Waals surface area contributed by atoms with E-state index < -0.39 is 5.91 Å². The van der Waals surface area contributed by atoms with Gasteiger partial charge in [-0.25, -0.2) is 0 Å². The lowest BCUT2D eigenvalue weighted by molar-refractivity contribution is 0.100. The summed E-state index contributed by atoms with van der Waals surface area (Å²) in [6.07, 6.45) is 1.93. The number of nitrogens with two attached hydrogens (primary N) is 1. The molecule has 0 unspecified atom stereocenters. The standard InChI is InChI=1S/C16H15N3O/c17-16(20)11-3-1-5-13(9-11)19-10-12-4-2-6-15-14(12)7-8-18-15/h1-9,18-19H,10H2,(H2,17,20). The monoisotopic (exact) mass is 265 g/mol. The fourth-order valence-corrected chi connectivity index (χ4v) is 2.28. The van der Waals surface area contributed by atoms with E-state index >= 15 is 0 Å². The van der Waals surface area contributed by atoms with Gasteiger partial charge in [-0.3, -0.25) is 4.79 Å². The third-order valence-electron chi connectivity index (χ3n) is 3.32. The molecule has 0 radical (unpaired) electrons. The number of amides is 1. The third kappa shape index (κ3) is 2.36. The van der Waals surface area contributed by atoms with Crippen molar-refractivity contribution in [2.24, 2.45) is 5.73 Å². The summed E-state index contributed by atoms with van der Waals surface area (Å²) in [5.74, 6) is -0.415. The van der Waals surface area contributed by atoms with Crippen molar-refractivity contribution in [2.45, 2.75) is 6.54 Å². The molecule has 100 valence electrons. The van der Waals surface area contributed by atoms with Crippen molar-refractivity contribution in [1.29, 1.82) is 0 Å². The van der Waals surface area contributed by atoms with E-state index in [4.69, 9.17) is 5.73 Å². The predicted octanol–water partition coefficient (Wildman–Crippen LogP) is 2.88. The normalized spacial score (nSPS) is 10.6. The van der Waals surface area contributed by atoms with Crippen molar-refractivity contribution in [3.63, 3.8) is 0 Å². The van der Waals surface area contributed by atoms with Crippen molar-refractivity contribution < 1.29 is 4.79 Å². The molecular formula is C16H15N3O. The van der Waals surface area contributed by atoms with Gasteiger partial charge in [0.05, 0.1) is 0 Å². The Labute approximate surface area is 116 Å². The molecule has 20 heavy (non-hydrogen) atoms. The summed E-state index contributed by atoms with van der Waals surface area (Å²) < 4.78 is 0. The van der Waals surface area contributed by atoms with Crippen LogP contribution < -0.4 is 11.1 Å². The van der Waals surface area contributed by atoms with Crippen molar-refractivity contribution in [3.8, 4) is 0 Å². The SMILES string of the molecule is NC(=O)c1cccc(NCc2cccc3[nH]ccc23)c1. The quantitative estimate of drug-likeness (QED) is 0.678. The number of carbonyl (C=O) groups excluding carboxylic acids is 1. The number of nitrogens with one attached hydrogen (secondary N) is 2. The first-order valence-corrected chi connectivity index (χ1v) is 6.43. The summed E-state index contributed by atoms with van der Waals surface area (Å²) in [6.45, 7) is 0.692. The minimum Gasteiger partial charge on any atom is -0.381 e. The molecule has 4 N–H and O–H groups in total. The Morgan fingerprint density at radius 2 is 2.00 bits per heavy atom. The molecule has 0 aliphatic carbocycles. The van der Waals surface area contributed by atoms with Gasteiger partial charge >= 0.3 is 0 Å². The molecule has 0 saturated heterocycles. The molecule has 0 aliphatic rings. The average molecular weight is 265 g/mol. The molecule has 3 rings (SSSR count). The van der Waals surface area contributed by atoms with E-state index in [0.29, 0.717) is 12.1 Å². The molecule has 0 fully saturated rings. The average Bonchev–Trinajstić information content (AvgIpc) is 2.94. The smallest absolute Gasteiger partial charge is 0.248 e. The molecule has 0 atom stereocenters. The fourth-order valence-electron chi connectivity index (χ4n) is 2.28. The molecule has 4 heteroatoms. The van der Waals surface area contributed by atoms with Crippen molar-refractivity contribution in [2.75, 3.05) is 5.32 Å². The molecular weight excluding hydrogens is 250 g/mol. The fraction of sp³-hybridized carbons (Fsp3) is 0.0625. The number of hydrogen-bond donors (Lipinski definition) is 3. The second-order valence-electron chi connectivity index (χ2n) is 4.65. The molecule has 3 aromatic rings. The summed E-state index contributed by atoms with van der Waals surface area (Å²) in [5.41, 5.74) is 8.99. The van der Waals surface area contributed by atoms with Crippen LogP contribution >= 0.6 is 0 Å².